The number of nitrogens with one attached hydrogen (secondary N) is 2. The molecule has 0 aliphatic heterocycles. The summed E-state index contributed by atoms with van der Waals surface area (Å²) < 4.78 is 5.45. The molecule has 0 fully saturated rings. The molecule has 2 amide bonds. The van der Waals surface area contributed by atoms with Gasteiger partial charge in [0.25, 0.3) is 11.8 Å². The number of thiocarbonyl (C=S) groups is 1. The van der Waals surface area contributed by atoms with Crippen LogP contribution >= 0.6 is 12.2 Å². The lowest BCUT2D eigenvalue weighted by molar-refractivity contribution is 0.0827. The van der Waals surface area contributed by atoms with Crippen molar-refractivity contribution in [2.45, 2.75) is 6.92 Å². The van der Waals surface area contributed by atoms with Gasteiger partial charge >= 0.3 is 0 Å². The highest BCUT2D eigenvalue weighted by Gasteiger charge is 2.13. The van der Waals surface area contributed by atoms with Gasteiger partial charge in [-0.3, -0.25) is 14.9 Å². The maximum Gasteiger partial charge on any atom is 0.261 e. The second-order valence-electron chi connectivity index (χ2n) is 5.61. The normalized spacial score (nSPS) is 9.96. The lowest BCUT2D eigenvalue weighted by Gasteiger charge is -2.13. The molecule has 0 saturated heterocycles. The van der Waals surface area contributed by atoms with Crippen LogP contribution in [-0.2, 0) is 0 Å². The number of benzene rings is 2. The van der Waals surface area contributed by atoms with Crippen molar-refractivity contribution in [1.29, 1.82) is 0 Å². The topological polar surface area (TPSA) is 70.7 Å². The quantitative estimate of drug-likeness (QED) is 0.791. The van der Waals surface area contributed by atoms with Gasteiger partial charge in [-0.05, 0) is 55.5 Å². The Kier molecular flexibility index (Phi) is 6.68. The maximum absolute atomic E-state index is 12.4. The molecule has 2 aromatic carbocycles. The predicted octanol–water partition coefficient (Wildman–Crippen LogP) is 2.91. The number of ether oxygens (including phenoxy) is 1. The van der Waals surface area contributed by atoms with Crippen molar-refractivity contribution >= 4 is 34.8 Å². The van der Waals surface area contributed by atoms with Gasteiger partial charge in [-0.25, -0.2) is 0 Å². The second kappa shape index (κ2) is 8.96. The fourth-order valence-corrected chi connectivity index (χ4v) is 2.43. The summed E-state index contributed by atoms with van der Waals surface area (Å²) in [5.41, 5.74) is 1.65. The molecule has 0 radical (unpaired) electrons. The maximum atomic E-state index is 12.4. The molecule has 0 unspecified atom stereocenters. The van der Waals surface area contributed by atoms with Gasteiger partial charge in [0.15, 0.2) is 5.11 Å². The van der Waals surface area contributed by atoms with E-state index in [0.717, 1.165) is 0 Å². The third-order valence-electron chi connectivity index (χ3n) is 3.45. The zero-order valence-corrected chi connectivity index (χ0v) is 15.7. The van der Waals surface area contributed by atoms with Crippen LogP contribution in [0.5, 0.6) is 5.75 Å². The van der Waals surface area contributed by atoms with Gasteiger partial charge in [0, 0.05) is 25.3 Å². The van der Waals surface area contributed by atoms with Crippen LogP contribution < -0.4 is 15.4 Å². The molecule has 0 aliphatic rings. The van der Waals surface area contributed by atoms with Crippen LogP contribution in [0.3, 0.4) is 0 Å². The van der Waals surface area contributed by atoms with E-state index in [1.807, 2.05) is 6.92 Å². The lowest BCUT2D eigenvalue weighted by Crippen LogP contribution is -2.34. The smallest absolute Gasteiger partial charge is 0.261 e. The Hall–Kier alpha value is -2.93. The molecule has 6 nitrogen and oxygen atoms in total. The van der Waals surface area contributed by atoms with Gasteiger partial charge < -0.3 is 15.0 Å². The summed E-state index contributed by atoms with van der Waals surface area (Å²) in [5, 5.41) is 5.71. The van der Waals surface area contributed by atoms with Crippen LogP contribution in [0, 0.1) is 0 Å². The Morgan fingerprint density at radius 3 is 2.35 bits per heavy atom. The van der Waals surface area contributed by atoms with Gasteiger partial charge in [0.1, 0.15) is 5.75 Å². The first-order valence-corrected chi connectivity index (χ1v) is 8.49. The van der Waals surface area contributed by atoms with E-state index in [1.165, 1.54) is 4.90 Å². The van der Waals surface area contributed by atoms with E-state index in [2.05, 4.69) is 10.6 Å². The fourth-order valence-electron chi connectivity index (χ4n) is 2.22. The van der Waals surface area contributed by atoms with Crippen LogP contribution in [0.1, 0.15) is 27.6 Å². The first-order chi connectivity index (χ1) is 12.4. The molecule has 2 N–H and O–H groups in total. The Labute approximate surface area is 158 Å². The number of nitrogens with zero attached hydrogens (tertiary/aromatic N) is 1. The van der Waals surface area contributed by atoms with Crippen molar-refractivity contribution in [3.63, 3.8) is 0 Å². The van der Waals surface area contributed by atoms with Crippen molar-refractivity contribution in [3.8, 4) is 5.75 Å². The number of rotatable bonds is 5. The van der Waals surface area contributed by atoms with Crippen molar-refractivity contribution in [2.24, 2.45) is 0 Å². The van der Waals surface area contributed by atoms with E-state index in [1.54, 1.807) is 62.6 Å². The average molecular weight is 371 g/mol. The van der Waals surface area contributed by atoms with Gasteiger partial charge in [0.05, 0.1) is 12.2 Å². The van der Waals surface area contributed by atoms with Crippen molar-refractivity contribution in [3.05, 3.63) is 59.7 Å². The fraction of sp³-hybridized carbons (Fsp3) is 0.211. The largest absolute Gasteiger partial charge is 0.493 e. The summed E-state index contributed by atoms with van der Waals surface area (Å²) >= 11 is 5.19. The minimum atomic E-state index is -0.356. The monoisotopic (exact) mass is 371 g/mol. The van der Waals surface area contributed by atoms with E-state index < -0.39 is 0 Å². The summed E-state index contributed by atoms with van der Waals surface area (Å²) in [6, 6.07) is 13.8. The molecular formula is C19H21N3O3S. The molecular weight excluding hydrogens is 350 g/mol. The van der Waals surface area contributed by atoms with Gasteiger partial charge in [-0.1, -0.05) is 12.1 Å². The molecule has 26 heavy (non-hydrogen) atoms. The molecule has 7 heteroatoms. The molecule has 0 aliphatic carbocycles. The Balaban J connectivity index is 2.00. The number of carbonyl (C=O) groups is 2. The molecule has 0 bridgehead atoms. The summed E-state index contributed by atoms with van der Waals surface area (Å²) in [5.74, 6) is 0.0627. The number of para-hydroxylation sites is 1. The number of amides is 2. The standard InChI is InChI=1S/C19H21N3O3S/c1-4-25-16-8-6-5-7-15(16)17(23)21-19(26)20-14-11-9-13(10-12-14)18(24)22(2)3/h5-12H,4H2,1-3H3,(H2,20,21,23,26). The minimum Gasteiger partial charge on any atom is -0.493 e. The molecule has 0 heterocycles. The van der Waals surface area contributed by atoms with Crippen molar-refractivity contribution in [2.75, 3.05) is 26.0 Å². The van der Waals surface area contributed by atoms with E-state index in [4.69, 9.17) is 17.0 Å². The average Bonchev–Trinajstić information content (AvgIpc) is 2.62. The van der Waals surface area contributed by atoms with Crippen LogP contribution in [0.4, 0.5) is 5.69 Å². The third kappa shape index (κ3) is 5.03. The number of hydrogen-bond donors (Lipinski definition) is 2. The summed E-state index contributed by atoms with van der Waals surface area (Å²) in [6.45, 7) is 2.32. The second-order valence-corrected chi connectivity index (χ2v) is 6.02. The Bertz CT molecular complexity index is 804. The first kappa shape index (κ1) is 19.4. The van der Waals surface area contributed by atoms with E-state index in [9.17, 15) is 9.59 Å². The molecule has 0 spiro atoms. The van der Waals surface area contributed by atoms with Crippen LogP contribution in [-0.4, -0.2) is 42.5 Å². The number of anilines is 1. The van der Waals surface area contributed by atoms with E-state index in [0.29, 0.717) is 29.2 Å². The van der Waals surface area contributed by atoms with Crippen LogP contribution in [0.2, 0.25) is 0 Å². The molecule has 0 aromatic heterocycles. The molecule has 0 atom stereocenters. The van der Waals surface area contributed by atoms with Crippen molar-refractivity contribution < 1.29 is 14.3 Å². The predicted molar refractivity (Wildman–Crippen MR) is 106 cm³/mol. The Morgan fingerprint density at radius 1 is 1.08 bits per heavy atom. The number of hydrogen-bond acceptors (Lipinski definition) is 4. The lowest BCUT2D eigenvalue weighted by atomic mass is 10.2. The SMILES string of the molecule is CCOc1ccccc1C(=O)NC(=S)Nc1ccc(C(=O)N(C)C)cc1. The highest BCUT2D eigenvalue weighted by atomic mass is 32.1. The molecule has 136 valence electrons. The summed E-state index contributed by atoms with van der Waals surface area (Å²) in [7, 11) is 3.39. The van der Waals surface area contributed by atoms with E-state index >= 15 is 0 Å². The van der Waals surface area contributed by atoms with E-state index in [-0.39, 0.29) is 16.9 Å². The first-order valence-electron chi connectivity index (χ1n) is 8.08. The molecule has 0 saturated carbocycles. The molecule has 2 aromatic rings. The highest BCUT2D eigenvalue weighted by Crippen LogP contribution is 2.18. The van der Waals surface area contributed by atoms with Gasteiger partial charge in [-0.2, -0.15) is 0 Å². The minimum absolute atomic E-state index is 0.0834. The Morgan fingerprint density at radius 2 is 1.73 bits per heavy atom. The van der Waals surface area contributed by atoms with Gasteiger partial charge in [0.2, 0.25) is 0 Å². The van der Waals surface area contributed by atoms with Crippen molar-refractivity contribution in [1.82, 2.24) is 10.2 Å². The summed E-state index contributed by atoms with van der Waals surface area (Å²) in [4.78, 5) is 25.8. The molecule has 2 rings (SSSR count). The number of carbonyl (C=O) groups excluding carboxylic acids is 2. The highest BCUT2D eigenvalue weighted by molar-refractivity contribution is 7.80. The third-order valence-corrected chi connectivity index (χ3v) is 3.66. The zero-order valence-electron chi connectivity index (χ0n) is 14.9. The van der Waals surface area contributed by atoms with Gasteiger partial charge in [-0.15, -0.1) is 0 Å². The van der Waals surface area contributed by atoms with Crippen LogP contribution in [0.15, 0.2) is 48.5 Å². The summed E-state index contributed by atoms with van der Waals surface area (Å²) in [6.07, 6.45) is 0. The van der Waals surface area contributed by atoms with Crippen LogP contribution in [0.25, 0.3) is 0 Å². The zero-order chi connectivity index (χ0) is 19.1.